The highest BCUT2D eigenvalue weighted by molar-refractivity contribution is 6.05. The molecule has 5 nitrogen and oxygen atoms in total. The summed E-state index contributed by atoms with van der Waals surface area (Å²) in [7, 11) is 0. The normalized spacial score (nSPS) is 22.4. The molecule has 0 radical (unpaired) electrons. The average Bonchev–Trinajstić information content (AvgIpc) is 3.03. The molecule has 132 valence electrons. The molecule has 1 amide bonds. The van der Waals surface area contributed by atoms with Gasteiger partial charge in [0.1, 0.15) is 11.5 Å². The summed E-state index contributed by atoms with van der Waals surface area (Å²) in [5, 5.41) is 0. The van der Waals surface area contributed by atoms with E-state index in [0.29, 0.717) is 18.4 Å². The number of hydrogen-bond donors (Lipinski definition) is 1. The van der Waals surface area contributed by atoms with Crippen molar-refractivity contribution in [3.05, 3.63) is 47.5 Å². The van der Waals surface area contributed by atoms with Gasteiger partial charge in [-0.1, -0.05) is 25.1 Å². The Hall–Kier alpha value is -2.14. The zero-order valence-corrected chi connectivity index (χ0v) is 14.8. The number of benzene rings is 1. The molecule has 2 N–H and O–H groups in total. The van der Waals surface area contributed by atoms with Gasteiger partial charge in [0.2, 0.25) is 0 Å². The Morgan fingerprint density at radius 1 is 1.32 bits per heavy atom. The lowest BCUT2D eigenvalue weighted by atomic mass is 9.90. The van der Waals surface area contributed by atoms with E-state index in [2.05, 4.69) is 28.6 Å². The number of rotatable bonds is 3. The van der Waals surface area contributed by atoms with Gasteiger partial charge in [-0.3, -0.25) is 4.79 Å². The number of amides is 1. The predicted molar refractivity (Wildman–Crippen MR) is 98.7 cm³/mol. The number of aromatic nitrogens is 2. The molecule has 0 saturated heterocycles. The molecule has 4 rings (SSSR count). The van der Waals surface area contributed by atoms with Crippen molar-refractivity contribution in [2.45, 2.75) is 39.2 Å². The molecule has 2 aliphatic rings. The predicted octanol–water partition coefficient (Wildman–Crippen LogP) is 2.63. The summed E-state index contributed by atoms with van der Waals surface area (Å²) < 4.78 is 2.12. The van der Waals surface area contributed by atoms with E-state index in [9.17, 15) is 4.79 Å². The van der Waals surface area contributed by atoms with E-state index in [4.69, 9.17) is 5.73 Å². The molecule has 25 heavy (non-hydrogen) atoms. The van der Waals surface area contributed by atoms with Crippen molar-refractivity contribution >= 4 is 11.6 Å². The second kappa shape index (κ2) is 6.64. The van der Waals surface area contributed by atoms with Crippen molar-refractivity contribution in [1.29, 1.82) is 0 Å². The van der Waals surface area contributed by atoms with Crippen LogP contribution < -0.4 is 10.6 Å². The molecule has 0 bridgehead atoms. The highest BCUT2D eigenvalue weighted by Gasteiger charge is 2.31. The van der Waals surface area contributed by atoms with Crippen molar-refractivity contribution in [2.24, 2.45) is 17.6 Å². The number of nitrogens with zero attached hydrogens (tertiary/aromatic N) is 3. The number of carbonyl (C=O) groups excluding carboxylic acids is 1. The Morgan fingerprint density at radius 2 is 2.16 bits per heavy atom. The molecule has 2 atom stereocenters. The molecular weight excluding hydrogens is 312 g/mol. The van der Waals surface area contributed by atoms with Crippen molar-refractivity contribution < 1.29 is 4.79 Å². The maximum absolute atomic E-state index is 13.4. The van der Waals surface area contributed by atoms with Crippen LogP contribution in [-0.4, -0.2) is 28.5 Å². The van der Waals surface area contributed by atoms with Gasteiger partial charge in [0, 0.05) is 25.2 Å². The van der Waals surface area contributed by atoms with E-state index in [1.54, 1.807) is 6.20 Å². The van der Waals surface area contributed by atoms with E-state index < -0.39 is 0 Å². The van der Waals surface area contributed by atoms with E-state index in [-0.39, 0.29) is 5.91 Å². The SMILES string of the molecule is CC1CCn2c(C(=O)N3CC(CCN)Cc4ccccc43)cnc2C1. The van der Waals surface area contributed by atoms with Gasteiger partial charge in [-0.15, -0.1) is 0 Å². The highest BCUT2D eigenvalue weighted by Crippen LogP contribution is 2.32. The second-order valence-electron chi connectivity index (χ2n) is 7.50. The summed E-state index contributed by atoms with van der Waals surface area (Å²) in [6, 6.07) is 8.25. The minimum absolute atomic E-state index is 0.0717. The number of anilines is 1. The molecule has 0 spiro atoms. The van der Waals surface area contributed by atoms with Crippen LogP contribution in [-0.2, 0) is 19.4 Å². The smallest absolute Gasteiger partial charge is 0.276 e. The lowest BCUT2D eigenvalue weighted by Crippen LogP contribution is -2.41. The molecule has 3 heterocycles. The monoisotopic (exact) mass is 338 g/mol. The van der Waals surface area contributed by atoms with Gasteiger partial charge in [0.15, 0.2) is 0 Å². The molecule has 1 aromatic carbocycles. The quantitative estimate of drug-likeness (QED) is 0.936. The third-order valence-corrected chi connectivity index (χ3v) is 5.59. The fraction of sp³-hybridized carbons (Fsp3) is 0.500. The molecule has 0 fully saturated rings. The summed E-state index contributed by atoms with van der Waals surface area (Å²) in [6.07, 6.45) is 5.78. The van der Waals surface area contributed by atoms with Crippen LogP contribution in [0.5, 0.6) is 0 Å². The molecule has 0 aliphatic carbocycles. The summed E-state index contributed by atoms with van der Waals surface area (Å²) in [4.78, 5) is 19.8. The van der Waals surface area contributed by atoms with Crippen molar-refractivity contribution in [1.82, 2.24) is 9.55 Å². The van der Waals surface area contributed by atoms with Gasteiger partial charge in [-0.25, -0.2) is 4.98 Å². The standard InChI is InChI=1S/C20H26N4O/c1-14-7-9-23-18(12-22-19(23)10-14)20(25)24-13-15(6-8-21)11-16-4-2-3-5-17(16)24/h2-5,12,14-15H,6-11,13,21H2,1H3. The molecule has 2 aliphatic heterocycles. The van der Waals surface area contributed by atoms with Gasteiger partial charge >= 0.3 is 0 Å². The molecule has 5 heteroatoms. The average molecular weight is 338 g/mol. The summed E-state index contributed by atoms with van der Waals surface area (Å²) >= 11 is 0. The van der Waals surface area contributed by atoms with Crippen molar-refractivity contribution in [3.8, 4) is 0 Å². The van der Waals surface area contributed by atoms with Crippen LogP contribution in [0.1, 0.15) is 41.6 Å². The fourth-order valence-electron chi connectivity index (χ4n) is 4.20. The number of imidazole rings is 1. The number of nitrogens with two attached hydrogens (primary N) is 1. The Bertz CT molecular complexity index is 782. The molecule has 0 saturated carbocycles. The largest absolute Gasteiger partial charge is 0.330 e. The van der Waals surface area contributed by atoms with Crippen LogP contribution >= 0.6 is 0 Å². The van der Waals surface area contributed by atoms with E-state index in [1.165, 1.54) is 5.56 Å². The van der Waals surface area contributed by atoms with Crippen LogP contribution in [0.4, 0.5) is 5.69 Å². The maximum Gasteiger partial charge on any atom is 0.276 e. The third-order valence-electron chi connectivity index (χ3n) is 5.59. The van der Waals surface area contributed by atoms with Crippen LogP contribution in [0.25, 0.3) is 0 Å². The first kappa shape index (κ1) is 16.3. The van der Waals surface area contributed by atoms with Gasteiger partial charge in [-0.2, -0.15) is 0 Å². The van der Waals surface area contributed by atoms with Crippen LogP contribution in [0.15, 0.2) is 30.5 Å². The van der Waals surface area contributed by atoms with Crippen LogP contribution in [0.3, 0.4) is 0 Å². The number of carbonyl (C=O) groups is 1. The van der Waals surface area contributed by atoms with Gasteiger partial charge in [0.05, 0.1) is 6.20 Å². The first-order valence-corrected chi connectivity index (χ1v) is 9.31. The van der Waals surface area contributed by atoms with Gasteiger partial charge in [0.25, 0.3) is 5.91 Å². The number of hydrogen-bond acceptors (Lipinski definition) is 3. The highest BCUT2D eigenvalue weighted by atomic mass is 16.2. The maximum atomic E-state index is 13.4. The minimum Gasteiger partial charge on any atom is -0.330 e. The Morgan fingerprint density at radius 3 is 3.00 bits per heavy atom. The summed E-state index contributed by atoms with van der Waals surface area (Å²) in [6.45, 7) is 4.54. The molecular formula is C20H26N4O. The van der Waals surface area contributed by atoms with Crippen molar-refractivity contribution in [3.63, 3.8) is 0 Å². The lowest BCUT2D eigenvalue weighted by molar-refractivity contribution is 0.0969. The first-order valence-electron chi connectivity index (χ1n) is 9.31. The topological polar surface area (TPSA) is 64.2 Å². The summed E-state index contributed by atoms with van der Waals surface area (Å²) in [5.74, 6) is 2.18. The van der Waals surface area contributed by atoms with Crippen LogP contribution in [0.2, 0.25) is 0 Å². The van der Waals surface area contributed by atoms with E-state index in [0.717, 1.165) is 56.0 Å². The zero-order valence-electron chi connectivity index (χ0n) is 14.8. The minimum atomic E-state index is 0.0717. The number of fused-ring (bicyclic) bond motifs is 2. The molecule has 2 unspecified atom stereocenters. The third kappa shape index (κ3) is 2.97. The Kier molecular flexibility index (Phi) is 4.34. The molecule has 2 aromatic rings. The fourth-order valence-corrected chi connectivity index (χ4v) is 4.20. The Labute approximate surface area is 148 Å². The first-order chi connectivity index (χ1) is 12.2. The lowest BCUT2D eigenvalue weighted by Gasteiger charge is -2.35. The van der Waals surface area contributed by atoms with Crippen LogP contribution in [0, 0.1) is 11.8 Å². The zero-order chi connectivity index (χ0) is 17.4. The van der Waals surface area contributed by atoms with E-state index >= 15 is 0 Å². The Balaban J connectivity index is 1.68. The number of para-hydroxylation sites is 1. The molecule has 1 aromatic heterocycles. The van der Waals surface area contributed by atoms with Gasteiger partial charge in [-0.05, 0) is 49.3 Å². The van der Waals surface area contributed by atoms with Gasteiger partial charge < -0.3 is 15.2 Å². The summed E-state index contributed by atoms with van der Waals surface area (Å²) in [5.41, 5.74) is 8.79. The van der Waals surface area contributed by atoms with Crippen molar-refractivity contribution in [2.75, 3.05) is 18.0 Å². The van der Waals surface area contributed by atoms with E-state index in [1.807, 2.05) is 17.0 Å². The second-order valence-corrected chi connectivity index (χ2v) is 7.50.